The van der Waals surface area contributed by atoms with Crippen LogP contribution in [-0.4, -0.2) is 23.5 Å². The second kappa shape index (κ2) is 7.17. The van der Waals surface area contributed by atoms with Crippen LogP contribution in [-0.2, 0) is 6.54 Å². The zero-order valence-corrected chi connectivity index (χ0v) is 12.3. The molecule has 0 radical (unpaired) electrons. The molecule has 0 atom stereocenters. The second-order valence-corrected chi connectivity index (χ2v) is 5.54. The van der Waals surface area contributed by atoms with E-state index < -0.39 is 0 Å². The predicted molar refractivity (Wildman–Crippen MR) is 82.3 cm³/mol. The lowest BCUT2D eigenvalue weighted by molar-refractivity contribution is 0.190. The lowest BCUT2D eigenvalue weighted by Crippen LogP contribution is -2.45. The summed E-state index contributed by atoms with van der Waals surface area (Å²) in [6.45, 7) is 3.36. The van der Waals surface area contributed by atoms with Crippen molar-refractivity contribution < 1.29 is 4.79 Å². The lowest BCUT2D eigenvalue weighted by atomic mass is 9.96. The highest BCUT2D eigenvalue weighted by Crippen LogP contribution is 2.18. The molecule has 110 valence electrons. The lowest BCUT2D eigenvalue weighted by Gasteiger charge is -2.27. The molecule has 0 aliphatic heterocycles. The quantitative estimate of drug-likeness (QED) is 0.829. The van der Waals surface area contributed by atoms with Gasteiger partial charge in [-0.3, -0.25) is 0 Å². The maximum absolute atomic E-state index is 12.3. The highest BCUT2D eigenvalue weighted by molar-refractivity contribution is 5.74. The molecule has 0 bridgehead atoms. The van der Waals surface area contributed by atoms with Gasteiger partial charge >= 0.3 is 6.03 Å². The van der Waals surface area contributed by atoms with Gasteiger partial charge in [-0.05, 0) is 37.5 Å². The third kappa shape index (κ3) is 4.15. The van der Waals surface area contributed by atoms with Gasteiger partial charge in [0.15, 0.2) is 0 Å². The van der Waals surface area contributed by atoms with E-state index in [9.17, 15) is 4.79 Å². The van der Waals surface area contributed by atoms with Crippen molar-refractivity contribution >= 4 is 11.7 Å². The third-order valence-corrected chi connectivity index (χ3v) is 3.95. The summed E-state index contributed by atoms with van der Waals surface area (Å²) in [5, 5.41) is 3.16. The van der Waals surface area contributed by atoms with Gasteiger partial charge in [-0.2, -0.15) is 0 Å². The predicted octanol–water partition coefficient (Wildman–Crippen LogP) is 3.13. The van der Waals surface area contributed by atoms with E-state index in [1.54, 1.807) is 0 Å². The number of carbonyl (C=O) groups is 1. The molecule has 2 rings (SSSR count). The molecule has 0 aromatic heterocycles. The number of benzene rings is 1. The van der Waals surface area contributed by atoms with E-state index in [0.717, 1.165) is 24.1 Å². The average Bonchev–Trinajstić information content (AvgIpc) is 2.47. The first kappa shape index (κ1) is 14.7. The highest BCUT2D eigenvalue weighted by atomic mass is 16.2. The molecule has 1 aliphatic rings. The van der Waals surface area contributed by atoms with Gasteiger partial charge in [0.05, 0.1) is 0 Å². The fourth-order valence-corrected chi connectivity index (χ4v) is 2.68. The molecule has 3 N–H and O–H groups in total. The van der Waals surface area contributed by atoms with Crippen molar-refractivity contribution in [2.45, 2.75) is 51.6 Å². The Labute approximate surface area is 121 Å². The maximum atomic E-state index is 12.3. The van der Waals surface area contributed by atoms with Gasteiger partial charge in [-0.15, -0.1) is 0 Å². The minimum Gasteiger partial charge on any atom is -0.399 e. The Morgan fingerprint density at radius 2 is 1.90 bits per heavy atom. The number of nitrogens with zero attached hydrogens (tertiary/aromatic N) is 1. The Hall–Kier alpha value is -1.71. The van der Waals surface area contributed by atoms with Gasteiger partial charge < -0.3 is 16.0 Å². The van der Waals surface area contributed by atoms with Crippen molar-refractivity contribution in [2.24, 2.45) is 0 Å². The van der Waals surface area contributed by atoms with Crippen LogP contribution < -0.4 is 11.1 Å². The second-order valence-electron chi connectivity index (χ2n) is 5.54. The first-order valence-electron chi connectivity index (χ1n) is 7.59. The molecule has 4 nitrogen and oxygen atoms in total. The molecular formula is C16H25N3O. The number of hydrogen-bond acceptors (Lipinski definition) is 2. The summed E-state index contributed by atoms with van der Waals surface area (Å²) in [4.78, 5) is 14.2. The summed E-state index contributed by atoms with van der Waals surface area (Å²) >= 11 is 0. The van der Waals surface area contributed by atoms with Gasteiger partial charge in [-0.25, -0.2) is 4.79 Å². The molecule has 1 saturated carbocycles. The fourth-order valence-electron chi connectivity index (χ4n) is 2.68. The van der Waals surface area contributed by atoms with E-state index in [4.69, 9.17) is 5.73 Å². The summed E-state index contributed by atoms with van der Waals surface area (Å²) < 4.78 is 0. The molecular weight excluding hydrogens is 250 g/mol. The number of rotatable bonds is 4. The first-order chi connectivity index (χ1) is 9.69. The Morgan fingerprint density at radius 3 is 2.50 bits per heavy atom. The van der Waals surface area contributed by atoms with E-state index in [2.05, 4.69) is 5.32 Å². The molecule has 0 heterocycles. The molecule has 1 aromatic carbocycles. The number of hydrogen-bond donors (Lipinski definition) is 2. The van der Waals surface area contributed by atoms with Crippen molar-refractivity contribution in [1.29, 1.82) is 0 Å². The van der Waals surface area contributed by atoms with Crippen molar-refractivity contribution in [1.82, 2.24) is 10.2 Å². The number of anilines is 1. The zero-order chi connectivity index (χ0) is 14.4. The van der Waals surface area contributed by atoms with E-state index >= 15 is 0 Å². The van der Waals surface area contributed by atoms with Crippen molar-refractivity contribution in [3.8, 4) is 0 Å². The number of nitrogen functional groups attached to an aromatic ring is 1. The standard InChI is InChI=1S/C16H25N3O/c1-2-19(12-13-8-10-14(17)11-9-13)16(20)18-15-6-4-3-5-7-15/h8-11,15H,2-7,12,17H2,1H3,(H,18,20). The Kier molecular flexibility index (Phi) is 5.27. The van der Waals surface area contributed by atoms with Crippen LogP contribution in [0.3, 0.4) is 0 Å². The van der Waals surface area contributed by atoms with Crippen LogP contribution in [0.15, 0.2) is 24.3 Å². The number of nitrogens with one attached hydrogen (secondary N) is 1. The van der Waals surface area contributed by atoms with Crippen LogP contribution in [0.2, 0.25) is 0 Å². The molecule has 4 heteroatoms. The summed E-state index contributed by atoms with van der Waals surface area (Å²) in [6, 6.07) is 8.12. The van der Waals surface area contributed by atoms with Gasteiger partial charge in [-0.1, -0.05) is 31.4 Å². The molecule has 1 aliphatic carbocycles. The third-order valence-electron chi connectivity index (χ3n) is 3.95. The highest BCUT2D eigenvalue weighted by Gasteiger charge is 2.19. The van der Waals surface area contributed by atoms with Gasteiger partial charge in [0, 0.05) is 24.8 Å². The van der Waals surface area contributed by atoms with E-state index in [1.807, 2.05) is 36.1 Å². The Balaban J connectivity index is 1.89. The molecule has 0 spiro atoms. The monoisotopic (exact) mass is 275 g/mol. The Bertz CT molecular complexity index is 424. The molecule has 20 heavy (non-hydrogen) atoms. The summed E-state index contributed by atoms with van der Waals surface area (Å²) in [5.74, 6) is 0. The van der Waals surface area contributed by atoms with Gasteiger partial charge in [0.2, 0.25) is 0 Å². The van der Waals surface area contributed by atoms with Crippen LogP contribution >= 0.6 is 0 Å². The van der Waals surface area contributed by atoms with Crippen molar-refractivity contribution in [3.63, 3.8) is 0 Å². The number of amides is 2. The van der Waals surface area contributed by atoms with Crippen LogP contribution in [0.25, 0.3) is 0 Å². The maximum Gasteiger partial charge on any atom is 0.317 e. The molecule has 1 fully saturated rings. The van der Waals surface area contributed by atoms with Gasteiger partial charge in [0.25, 0.3) is 0 Å². The number of nitrogens with two attached hydrogens (primary N) is 1. The van der Waals surface area contributed by atoms with Crippen molar-refractivity contribution in [2.75, 3.05) is 12.3 Å². The summed E-state index contributed by atoms with van der Waals surface area (Å²) in [6.07, 6.45) is 6.00. The van der Waals surface area contributed by atoms with E-state index in [-0.39, 0.29) is 6.03 Å². The van der Waals surface area contributed by atoms with Crippen LogP contribution in [0.4, 0.5) is 10.5 Å². The SMILES string of the molecule is CCN(Cc1ccc(N)cc1)C(=O)NC1CCCCC1. The Morgan fingerprint density at radius 1 is 1.25 bits per heavy atom. The normalized spacial score (nSPS) is 15.8. The molecule has 0 unspecified atom stereocenters. The topological polar surface area (TPSA) is 58.4 Å². The van der Waals surface area contributed by atoms with E-state index in [0.29, 0.717) is 19.1 Å². The van der Waals surface area contributed by atoms with Gasteiger partial charge in [0.1, 0.15) is 0 Å². The molecule has 2 amide bonds. The molecule has 0 saturated heterocycles. The summed E-state index contributed by atoms with van der Waals surface area (Å²) in [7, 11) is 0. The largest absolute Gasteiger partial charge is 0.399 e. The van der Waals surface area contributed by atoms with Crippen LogP contribution in [0, 0.1) is 0 Å². The van der Waals surface area contributed by atoms with Crippen LogP contribution in [0.1, 0.15) is 44.6 Å². The first-order valence-corrected chi connectivity index (χ1v) is 7.59. The number of urea groups is 1. The zero-order valence-electron chi connectivity index (χ0n) is 12.3. The average molecular weight is 275 g/mol. The summed E-state index contributed by atoms with van der Waals surface area (Å²) in [5.41, 5.74) is 7.54. The number of carbonyl (C=O) groups excluding carboxylic acids is 1. The molecule has 1 aromatic rings. The smallest absolute Gasteiger partial charge is 0.317 e. The van der Waals surface area contributed by atoms with Crippen molar-refractivity contribution in [3.05, 3.63) is 29.8 Å². The van der Waals surface area contributed by atoms with Crippen LogP contribution in [0.5, 0.6) is 0 Å². The minimum absolute atomic E-state index is 0.0521. The fraction of sp³-hybridized carbons (Fsp3) is 0.562. The van der Waals surface area contributed by atoms with E-state index in [1.165, 1.54) is 19.3 Å². The minimum atomic E-state index is 0.0521.